The average molecular weight is 378 g/mol. The molecule has 1 aromatic carbocycles. The molecule has 1 aliphatic heterocycles. The average Bonchev–Trinajstić information content (AvgIpc) is 2.96. The lowest BCUT2D eigenvalue weighted by atomic mass is 9.96. The van der Waals surface area contributed by atoms with Crippen molar-refractivity contribution in [1.29, 1.82) is 0 Å². The van der Waals surface area contributed by atoms with Crippen molar-refractivity contribution in [2.75, 3.05) is 24.7 Å². The molecule has 1 unspecified atom stereocenters. The Balaban J connectivity index is 2.11. The van der Waals surface area contributed by atoms with E-state index in [2.05, 4.69) is 13.0 Å². The summed E-state index contributed by atoms with van der Waals surface area (Å²) in [5.41, 5.74) is 1.48. The number of nitrogens with zero attached hydrogens (tertiary/aromatic N) is 1. The smallest absolute Gasteiger partial charge is 0.414 e. The van der Waals surface area contributed by atoms with Gasteiger partial charge in [0.05, 0.1) is 12.3 Å². The van der Waals surface area contributed by atoms with Crippen molar-refractivity contribution in [3.05, 3.63) is 23.8 Å². The van der Waals surface area contributed by atoms with E-state index < -0.39 is 5.60 Å². The summed E-state index contributed by atoms with van der Waals surface area (Å²) in [4.78, 5) is 14.3. The van der Waals surface area contributed by atoms with Gasteiger partial charge in [0.1, 0.15) is 11.4 Å². The molecule has 1 N–H and O–H groups in total. The van der Waals surface area contributed by atoms with E-state index in [0.717, 1.165) is 36.4 Å². The van der Waals surface area contributed by atoms with Gasteiger partial charge in [0.2, 0.25) is 0 Å². The van der Waals surface area contributed by atoms with Crippen LogP contribution in [0.3, 0.4) is 0 Å². The number of ether oxygens (including phenoxy) is 2. The molecule has 0 aromatic heterocycles. The molecular weight excluding hydrogens is 342 g/mol. The predicted molar refractivity (Wildman–Crippen MR) is 109 cm³/mol. The molecule has 2 rings (SSSR count). The van der Waals surface area contributed by atoms with Crippen LogP contribution in [0.25, 0.3) is 0 Å². The largest absolute Gasteiger partial charge is 0.494 e. The fourth-order valence-electron chi connectivity index (χ4n) is 3.41. The molecule has 1 amide bonds. The van der Waals surface area contributed by atoms with Crippen molar-refractivity contribution >= 4 is 11.8 Å². The SMILES string of the molecule is CCCCCCOc1ccc2c(c1)C(CCCO)CN2C(=O)OC(C)(C)C. The zero-order valence-corrected chi connectivity index (χ0v) is 17.3. The Morgan fingerprint density at radius 2 is 2.00 bits per heavy atom. The minimum atomic E-state index is -0.526. The second-order valence-electron chi connectivity index (χ2n) is 8.28. The van der Waals surface area contributed by atoms with E-state index in [9.17, 15) is 9.90 Å². The fourth-order valence-corrected chi connectivity index (χ4v) is 3.41. The Morgan fingerprint density at radius 1 is 1.22 bits per heavy atom. The fraction of sp³-hybridized carbons (Fsp3) is 0.682. The molecule has 0 bridgehead atoms. The molecule has 0 spiro atoms. The highest BCUT2D eigenvalue weighted by Gasteiger charge is 2.34. The van der Waals surface area contributed by atoms with Crippen LogP contribution in [0.15, 0.2) is 18.2 Å². The van der Waals surface area contributed by atoms with Gasteiger partial charge in [-0.1, -0.05) is 26.2 Å². The molecule has 5 heteroatoms. The van der Waals surface area contributed by atoms with E-state index in [1.807, 2.05) is 32.9 Å². The van der Waals surface area contributed by atoms with E-state index in [1.165, 1.54) is 19.3 Å². The van der Waals surface area contributed by atoms with E-state index >= 15 is 0 Å². The number of benzene rings is 1. The lowest BCUT2D eigenvalue weighted by Crippen LogP contribution is -2.36. The summed E-state index contributed by atoms with van der Waals surface area (Å²) in [7, 11) is 0. The molecule has 1 heterocycles. The molecular formula is C22H35NO4. The number of carbonyl (C=O) groups excluding carboxylic acids is 1. The highest BCUT2D eigenvalue weighted by Crippen LogP contribution is 2.41. The third kappa shape index (κ3) is 6.42. The third-order valence-electron chi connectivity index (χ3n) is 4.72. The Bertz CT molecular complexity index is 609. The first kappa shape index (κ1) is 21.5. The maximum absolute atomic E-state index is 12.6. The number of hydrogen-bond donors (Lipinski definition) is 1. The molecule has 0 saturated carbocycles. The standard InChI is InChI=1S/C22H35NO4/c1-5-6-7-8-14-26-18-11-12-20-19(15-18)17(10-9-13-24)16-23(20)21(25)27-22(2,3)4/h11-12,15,17,24H,5-10,13-14,16H2,1-4H3. The number of rotatable bonds is 9. The van der Waals surface area contributed by atoms with Gasteiger partial charge >= 0.3 is 6.09 Å². The monoisotopic (exact) mass is 377 g/mol. The second kappa shape index (κ2) is 9.98. The van der Waals surface area contributed by atoms with Crippen LogP contribution in [0, 0.1) is 0 Å². The summed E-state index contributed by atoms with van der Waals surface area (Å²) in [5.74, 6) is 1.05. The van der Waals surface area contributed by atoms with Gasteiger partial charge in [-0.15, -0.1) is 0 Å². The van der Waals surface area contributed by atoms with Gasteiger partial charge in [-0.25, -0.2) is 4.79 Å². The lowest BCUT2D eigenvalue weighted by molar-refractivity contribution is 0.0582. The summed E-state index contributed by atoms with van der Waals surface area (Å²) in [5, 5.41) is 9.21. The van der Waals surface area contributed by atoms with Gasteiger partial charge in [-0.05, 0) is 63.8 Å². The van der Waals surface area contributed by atoms with Crippen molar-refractivity contribution in [3.63, 3.8) is 0 Å². The van der Waals surface area contributed by atoms with Gasteiger partial charge in [0.15, 0.2) is 0 Å². The zero-order valence-electron chi connectivity index (χ0n) is 17.3. The molecule has 0 saturated heterocycles. The first-order valence-electron chi connectivity index (χ1n) is 10.2. The van der Waals surface area contributed by atoms with Gasteiger partial charge in [0, 0.05) is 19.1 Å². The summed E-state index contributed by atoms with van der Waals surface area (Å²) in [6.07, 6.45) is 5.93. The van der Waals surface area contributed by atoms with Gasteiger partial charge < -0.3 is 14.6 Å². The Kier molecular flexibility index (Phi) is 7.96. The van der Waals surface area contributed by atoms with Crippen molar-refractivity contribution < 1.29 is 19.4 Å². The number of fused-ring (bicyclic) bond motifs is 1. The van der Waals surface area contributed by atoms with Gasteiger partial charge in [0.25, 0.3) is 0 Å². The van der Waals surface area contributed by atoms with Crippen molar-refractivity contribution in [3.8, 4) is 5.75 Å². The Morgan fingerprint density at radius 3 is 2.67 bits per heavy atom. The zero-order chi connectivity index (χ0) is 19.9. The van der Waals surface area contributed by atoms with Gasteiger partial charge in [-0.3, -0.25) is 4.90 Å². The lowest BCUT2D eigenvalue weighted by Gasteiger charge is -2.25. The van der Waals surface area contributed by atoms with Crippen LogP contribution in [-0.4, -0.2) is 36.6 Å². The number of anilines is 1. The Labute approximate surface area is 163 Å². The quantitative estimate of drug-likeness (QED) is 0.597. The van der Waals surface area contributed by atoms with Crippen LogP contribution < -0.4 is 9.64 Å². The molecule has 0 aliphatic carbocycles. The summed E-state index contributed by atoms with van der Waals surface area (Å²) in [6, 6.07) is 5.95. The minimum Gasteiger partial charge on any atom is -0.494 e. The van der Waals surface area contributed by atoms with Crippen LogP contribution in [0.1, 0.15) is 77.7 Å². The van der Waals surface area contributed by atoms with Crippen LogP contribution in [0.2, 0.25) is 0 Å². The van der Waals surface area contributed by atoms with Crippen molar-refractivity contribution in [1.82, 2.24) is 0 Å². The third-order valence-corrected chi connectivity index (χ3v) is 4.72. The first-order chi connectivity index (χ1) is 12.9. The van der Waals surface area contributed by atoms with Crippen molar-refractivity contribution in [2.45, 2.75) is 77.7 Å². The summed E-state index contributed by atoms with van der Waals surface area (Å²) in [6.45, 7) is 9.29. The number of aliphatic hydroxyl groups excluding tert-OH is 1. The summed E-state index contributed by atoms with van der Waals surface area (Å²) < 4.78 is 11.5. The molecule has 27 heavy (non-hydrogen) atoms. The maximum atomic E-state index is 12.6. The molecule has 5 nitrogen and oxygen atoms in total. The Hall–Kier alpha value is -1.75. The topological polar surface area (TPSA) is 59.0 Å². The number of unbranched alkanes of at least 4 members (excludes halogenated alkanes) is 3. The van der Waals surface area contributed by atoms with Gasteiger partial charge in [-0.2, -0.15) is 0 Å². The minimum absolute atomic E-state index is 0.159. The van der Waals surface area contributed by atoms with Crippen LogP contribution in [0.5, 0.6) is 5.75 Å². The maximum Gasteiger partial charge on any atom is 0.414 e. The number of aliphatic hydroxyl groups is 1. The predicted octanol–water partition coefficient (Wildman–Crippen LogP) is 5.26. The number of amides is 1. The number of carbonyl (C=O) groups is 1. The first-order valence-corrected chi connectivity index (χ1v) is 10.2. The molecule has 1 atom stereocenters. The summed E-state index contributed by atoms with van der Waals surface area (Å²) >= 11 is 0. The van der Waals surface area contributed by atoms with Crippen LogP contribution in [0.4, 0.5) is 10.5 Å². The molecule has 1 aliphatic rings. The van der Waals surface area contributed by atoms with E-state index in [0.29, 0.717) is 13.0 Å². The molecule has 0 radical (unpaired) electrons. The molecule has 0 fully saturated rings. The van der Waals surface area contributed by atoms with Crippen LogP contribution >= 0.6 is 0 Å². The molecule has 152 valence electrons. The van der Waals surface area contributed by atoms with E-state index in [-0.39, 0.29) is 18.6 Å². The highest BCUT2D eigenvalue weighted by molar-refractivity contribution is 5.91. The van der Waals surface area contributed by atoms with E-state index in [4.69, 9.17) is 9.47 Å². The van der Waals surface area contributed by atoms with E-state index in [1.54, 1.807) is 4.90 Å². The van der Waals surface area contributed by atoms with Crippen LogP contribution in [-0.2, 0) is 4.74 Å². The molecule has 1 aromatic rings. The van der Waals surface area contributed by atoms with Crippen molar-refractivity contribution in [2.24, 2.45) is 0 Å². The second-order valence-corrected chi connectivity index (χ2v) is 8.28. The number of hydrogen-bond acceptors (Lipinski definition) is 4. The normalized spacial score (nSPS) is 16.3. The highest BCUT2D eigenvalue weighted by atomic mass is 16.6.